The summed E-state index contributed by atoms with van der Waals surface area (Å²) >= 11 is 0. The minimum atomic E-state index is -4.34. The number of hydrogen-bond acceptors (Lipinski definition) is 8. The molecule has 318 valence electrons. The molecule has 0 spiro atoms. The van der Waals surface area contributed by atoms with Gasteiger partial charge >= 0.3 is 19.8 Å². The number of allylic oxidation sites excluding steroid dienone is 4. The van der Waals surface area contributed by atoms with Crippen LogP contribution in [0.25, 0.3) is 0 Å². The fourth-order valence-electron chi connectivity index (χ4n) is 6.17. The molecular weight excluding hydrogens is 701 g/mol. The zero-order chi connectivity index (χ0) is 39.6. The second kappa shape index (κ2) is 41.1. The zero-order valence-corrected chi connectivity index (χ0v) is 36.1. The third kappa shape index (κ3) is 40.2. The Balaban J connectivity index is 4.16. The van der Waals surface area contributed by atoms with Crippen molar-refractivity contribution in [1.29, 1.82) is 0 Å². The van der Waals surface area contributed by atoms with Crippen LogP contribution in [0.5, 0.6) is 0 Å². The van der Waals surface area contributed by atoms with Crippen molar-refractivity contribution in [3.05, 3.63) is 24.3 Å². The molecule has 2 N–H and O–H groups in total. The Bertz CT molecular complexity index is 944. The minimum Gasteiger partial charge on any atom is -0.462 e. The maximum atomic E-state index is 12.6. The van der Waals surface area contributed by atoms with Crippen molar-refractivity contribution >= 4 is 19.8 Å². The summed E-state index contributed by atoms with van der Waals surface area (Å²) in [7, 11) is -2.64. The van der Waals surface area contributed by atoms with E-state index in [1.54, 1.807) is 7.05 Å². The topological polar surface area (TPSA) is 120 Å². The maximum Gasteiger partial charge on any atom is 0.472 e. The molecule has 0 bridgehead atoms. The van der Waals surface area contributed by atoms with Crippen molar-refractivity contribution in [1.82, 2.24) is 5.32 Å². The molecule has 0 saturated heterocycles. The van der Waals surface area contributed by atoms with Crippen LogP contribution in [0.1, 0.15) is 206 Å². The van der Waals surface area contributed by atoms with Crippen molar-refractivity contribution in [2.45, 2.75) is 213 Å². The Kier molecular flexibility index (Phi) is 40.0. The van der Waals surface area contributed by atoms with Crippen molar-refractivity contribution < 1.29 is 37.6 Å². The summed E-state index contributed by atoms with van der Waals surface area (Å²) in [6, 6.07) is 0. The predicted molar refractivity (Wildman–Crippen MR) is 225 cm³/mol. The first kappa shape index (κ1) is 52.5. The summed E-state index contributed by atoms with van der Waals surface area (Å²) in [6.45, 7) is 4.21. The number of unbranched alkanes of at least 4 members (excludes halogenated alkanes) is 24. The van der Waals surface area contributed by atoms with Crippen LogP contribution in [0, 0.1) is 0 Å². The molecule has 0 aliphatic rings. The lowest BCUT2D eigenvalue weighted by Crippen LogP contribution is -2.29. The highest BCUT2D eigenvalue weighted by Crippen LogP contribution is 2.43. The van der Waals surface area contributed by atoms with Gasteiger partial charge in [-0.25, -0.2) is 4.57 Å². The van der Waals surface area contributed by atoms with E-state index in [0.29, 0.717) is 13.0 Å². The number of carbonyl (C=O) groups excluding carboxylic acids is 2. The molecule has 0 aromatic rings. The van der Waals surface area contributed by atoms with Gasteiger partial charge in [-0.2, -0.15) is 0 Å². The van der Waals surface area contributed by atoms with Crippen LogP contribution >= 0.6 is 7.82 Å². The maximum absolute atomic E-state index is 12.6. The van der Waals surface area contributed by atoms with Crippen molar-refractivity contribution in [2.24, 2.45) is 0 Å². The molecule has 0 aromatic carbocycles. The molecule has 0 saturated carbocycles. The van der Waals surface area contributed by atoms with E-state index in [9.17, 15) is 19.0 Å². The van der Waals surface area contributed by atoms with Gasteiger partial charge < -0.3 is 19.7 Å². The zero-order valence-electron chi connectivity index (χ0n) is 35.2. The number of carbonyl (C=O) groups is 2. The Hall–Kier alpha value is -1.51. The van der Waals surface area contributed by atoms with Crippen molar-refractivity contribution in [3.8, 4) is 0 Å². The Morgan fingerprint density at radius 2 is 1.00 bits per heavy atom. The molecule has 10 heteroatoms. The van der Waals surface area contributed by atoms with Crippen LogP contribution in [-0.4, -0.2) is 56.3 Å². The number of esters is 2. The first-order chi connectivity index (χ1) is 26.3. The third-order valence-corrected chi connectivity index (χ3v) is 10.6. The molecule has 9 nitrogen and oxygen atoms in total. The van der Waals surface area contributed by atoms with Crippen LogP contribution in [0.15, 0.2) is 24.3 Å². The van der Waals surface area contributed by atoms with E-state index in [2.05, 4.69) is 43.5 Å². The standard InChI is InChI=1S/C44H84NO8P/c1-4-6-8-10-12-14-16-18-19-20-21-22-23-25-26-28-30-32-34-36-43(46)50-40-42(41-52-54(48,49)51-39-38-45-3)53-44(47)37-35-33-31-29-27-24-17-15-13-11-9-7-5-2/h12,14,18-19,42,45H,4-11,13,15-17,20-41H2,1-3H3,(H,48,49)/b14-12-,19-18-. The molecule has 0 heterocycles. The Labute approximate surface area is 332 Å². The van der Waals surface area contributed by atoms with Crippen LogP contribution in [0.2, 0.25) is 0 Å². The summed E-state index contributed by atoms with van der Waals surface area (Å²) in [5.41, 5.74) is 0. The lowest BCUT2D eigenvalue weighted by Gasteiger charge is -2.20. The summed E-state index contributed by atoms with van der Waals surface area (Å²) in [6.07, 6.45) is 42.1. The highest BCUT2D eigenvalue weighted by molar-refractivity contribution is 7.47. The fourth-order valence-corrected chi connectivity index (χ4v) is 6.92. The molecule has 0 aliphatic heterocycles. The van der Waals surface area contributed by atoms with Gasteiger partial charge in [0.1, 0.15) is 6.61 Å². The summed E-state index contributed by atoms with van der Waals surface area (Å²) in [4.78, 5) is 35.0. The molecule has 0 fully saturated rings. The molecule has 0 aromatic heterocycles. The van der Waals surface area contributed by atoms with Crippen molar-refractivity contribution in [2.75, 3.05) is 33.4 Å². The number of hydrogen-bond donors (Lipinski definition) is 2. The summed E-state index contributed by atoms with van der Waals surface area (Å²) < 4.78 is 33.2. The van der Waals surface area contributed by atoms with E-state index in [0.717, 1.165) is 38.5 Å². The monoisotopic (exact) mass is 786 g/mol. The molecule has 2 unspecified atom stereocenters. The third-order valence-electron chi connectivity index (χ3n) is 9.57. The van der Waals surface area contributed by atoms with Crippen LogP contribution in [-0.2, 0) is 32.7 Å². The molecule has 0 radical (unpaired) electrons. The van der Waals surface area contributed by atoms with E-state index in [1.165, 1.54) is 135 Å². The molecular formula is C44H84NO8P. The fraction of sp³-hybridized carbons (Fsp3) is 0.864. The van der Waals surface area contributed by atoms with Gasteiger partial charge in [-0.15, -0.1) is 0 Å². The van der Waals surface area contributed by atoms with Gasteiger partial charge in [0.25, 0.3) is 0 Å². The molecule has 2 atom stereocenters. The first-order valence-corrected chi connectivity index (χ1v) is 23.8. The quantitative estimate of drug-likeness (QED) is 0.0270. The van der Waals surface area contributed by atoms with Gasteiger partial charge in [-0.05, 0) is 52.0 Å². The lowest BCUT2D eigenvalue weighted by molar-refractivity contribution is -0.161. The van der Waals surface area contributed by atoms with Crippen LogP contribution < -0.4 is 5.32 Å². The average Bonchev–Trinajstić information content (AvgIpc) is 3.15. The van der Waals surface area contributed by atoms with Gasteiger partial charge in [-0.3, -0.25) is 18.6 Å². The Morgan fingerprint density at radius 1 is 0.574 bits per heavy atom. The van der Waals surface area contributed by atoms with Crippen LogP contribution in [0.4, 0.5) is 0 Å². The second-order valence-corrected chi connectivity index (χ2v) is 16.3. The van der Waals surface area contributed by atoms with Gasteiger partial charge in [0.2, 0.25) is 0 Å². The van der Waals surface area contributed by atoms with Gasteiger partial charge in [-0.1, -0.05) is 173 Å². The van der Waals surface area contributed by atoms with Crippen molar-refractivity contribution in [3.63, 3.8) is 0 Å². The second-order valence-electron chi connectivity index (χ2n) is 14.9. The highest BCUT2D eigenvalue weighted by atomic mass is 31.2. The van der Waals surface area contributed by atoms with E-state index in [1.807, 2.05) is 0 Å². The normalized spacial score (nSPS) is 13.5. The lowest BCUT2D eigenvalue weighted by atomic mass is 10.0. The number of ether oxygens (including phenoxy) is 2. The smallest absolute Gasteiger partial charge is 0.462 e. The van der Waals surface area contributed by atoms with E-state index >= 15 is 0 Å². The number of rotatable bonds is 42. The van der Waals surface area contributed by atoms with Gasteiger partial charge in [0.15, 0.2) is 6.10 Å². The first-order valence-electron chi connectivity index (χ1n) is 22.3. The molecule has 54 heavy (non-hydrogen) atoms. The molecule has 0 amide bonds. The number of nitrogens with one attached hydrogen (secondary N) is 1. The predicted octanol–water partition coefficient (Wildman–Crippen LogP) is 12.6. The number of likely N-dealkylation sites (N-methyl/N-ethyl adjacent to an activating group) is 1. The van der Waals surface area contributed by atoms with Gasteiger partial charge in [0.05, 0.1) is 13.2 Å². The molecule has 0 rings (SSSR count). The van der Waals surface area contributed by atoms with E-state index in [-0.39, 0.29) is 32.0 Å². The number of phosphoric ester groups is 1. The largest absolute Gasteiger partial charge is 0.472 e. The summed E-state index contributed by atoms with van der Waals surface area (Å²) in [5, 5.41) is 2.82. The minimum absolute atomic E-state index is 0.0155. The SMILES string of the molecule is CCCCC/C=C\C/C=C\CCCCCCCCCCCC(=O)OCC(COP(=O)(O)OCCNC)OC(=O)CCCCCCCCCCCCCCC. The average molecular weight is 786 g/mol. The summed E-state index contributed by atoms with van der Waals surface area (Å²) in [5.74, 6) is -0.804. The van der Waals surface area contributed by atoms with Gasteiger partial charge in [0, 0.05) is 19.4 Å². The highest BCUT2D eigenvalue weighted by Gasteiger charge is 2.26. The van der Waals surface area contributed by atoms with E-state index < -0.39 is 26.5 Å². The van der Waals surface area contributed by atoms with Crippen LogP contribution in [0.3, 0.4) is 0 Å². The van der Waals surface area contributed by atoms with E-state index in [4.69, 9.17) is 18.5 Å². The molecule has 0 aliphatic carbocycles. The Morgan fingerprint density at radius 3 is 1.50 bits per heavy atom. The number of phosphoric acid groups is 1.